The Balaban J connectivity index is 2.03. The summed E-state index contributed by atoms with van der Waals surface area (Å²) in [6.45, 7) is 0. The fraction of sp³-hybridized carbons (Fsp3) is 0. The van der Waals surface area contributed by atoms with Crippen molar-refractivity contribution in [3.63, 3.8) is 0 Å². The van der Waals surface area contributed by atoms with Crippen LogP contribution in [0.4, 0.5) is 11.6 Å². The van der Waals surface area contributed by atoms with Crippen LogP contribution in [0.2, 0.25) is 10.0 Å². The van der Waals surface area contributed by atoms with E-state index in [0.29, 0.717) is 38.1 Å². The highest BCUT2D eigenvalue weighted by molar-refractivity contribution is 6.31. The number of nitrogens with zero attached hydrogens (tertiary/aromatic N) is 2. The molecule has 2 heterocycles. The third-order valence-electron chi connectivity index (χ3n) is 4.46. The molecule has 8 heteroatoms. The lowest BCUT2D eigenvalue weighted by molar-refractivity contribution is -0.115. The number of rotatable bonds is 2. The maximum atomic E-state index is 12.7. The van der Waals surface area contributed by atoms with Gasteiger partial charge >= 0.3 is 0 Å². The Labute approximate surface area is 176 Å². The number of benzene rings is 2. The van der Waals surface area contributed by atoms with Gasteiger partial charge in [0.2, 0.25) is 0 Å². The Hall–Kier alpha value is -3.53. The van der Waals surface area contributed by atoms with Gasteiger partial charge in [-0.05, 0) is 41.5 Å². The Morgan fingerprint density at radius 1 is 0.966 bits per heavy atom. The van der Waals surface area contributed by atoms with Crippen molar-refractivity contribution in [2.45, 2.75) is 0 Å². The number of nitrogens with two attached hydrogens (primary N) is 1. The third-order valence-corrected chi connectivity index (χ3v) is 4.96. The summed E-state index contributed by atoms with van der Waals surface area (Å²) in [5.74, 6) is 0.0510. The number of amides is 1. The van der Waals surface area contributed by atoms with Crippen LogP contribution >= 0.6 is 23.2 Å². The zero-order chi connectivity index (χ0) is 20.5. The monoisotopic (exact) mass is 421 g/mol. The van der Waals surface area contributed by atoms with E-state index < -0.39 is 0 Å². The summed E-state index contributed by atoms with van der Waals surface area (Å²) in [5, 5.41) is 10.9. The van der Waals surface area contributed by atoms with E-state index in [0.717, 1.165) is 5.56 Å². The van der Waals surface area contributed by atoms with Gasteiger partial charge in [-0.1, -0.05) is 47.5 Å². The van der Waals surface area contributed by atoms with Gasteiger partial charge in [0.1, 0.15) is 17.5 Å². The number of hydrogen-bond acceptors (Lipinski definition) is 5. The van der Waals surface area contributed by atoms with Gasteiger partial charge in [0.05, 0.1) is 5.57 Å². The van der Waals surface area contributed by atoms with Crippen molar-refractivity contribution in [1.29, 1.82) is 5.26 Å². The number of nitrogens with one attached hydrogen (secondary N) is 2. The minimum Gasteiger partial charge on any atom is -0.383 e. The van der Waals surface area contributed by atoms with Gasteiger partial charge in [0.25, 0.3) is 5.91 Å². The van der Waals surface area contributed by atoms with E-state index in [2.05, 4.69) is 21.9 Å². The fourth-order valence-corrected chi connectivity index (χ4v) is 3.39. The number of hydrazine groups is 1. The Kier molecular flexibility index (Phi) is 4.85. The summed E-state index contributed by atoms with van der Waals surface area (Å²) in [7, 11) is 0. The summed E-state index contributed by atoms with van der Waals surface area (Å²) in [6, 6.07) is 16.1. The molecule has 0 saturated heterocycles. The SMILES string of the molecule is N#Cc1c(N)nc2c(c1-c1ccc(Cl)cc1)/C(=C/c1ccc(Cl)cc1)C(=O)NN2. The van der Waals surface area contributed by atoms with Crippen molar-refractivity contribution >= 4 is 52.4 Å². The number of aromatic nitrogens is 1. The van der Waals surface area contributed by atoms with Crippen LogP contribution in [-0.4, -0.2) is 10.9 Å². The van der Waals surface area contributed by atoms with Crippen molar-refractivity contribution in [3.8, 4) is 17.2 Å². The van der Waals surface area contributed by atoms with Crippen molar-refractivity contribution in [1.82, 2.24) is 10.4 Å². The van der Waals surface area contributed by atoms with Crippen LogP contribution in [0.15, 0.2) is 48.5 Å². The first-order valence-corrected chi connectivity index (χ1v) is 9.27. The number of nitriles is 1. The first-order valence-electron chi connectivity index (χ1n) is 8.51. The van der Waals surface area contributed by atoms with Crippen molar-refractivity contribution in [2.75, 3.05) is 11.2 Å². The van der Waals surface area contributed by atoms with E-state index in [9.17, 15) is 10.1 Å². The minimum absolute atomic E-state index is 0.0608. The summed E-state index contributed by atoms with van der Waals surface area (Å²) < 4.78 is 0. The number of carbonyl (C=O) groups is 1. The minimum atomic E-state index is -0.363. The summed E-state index contributed by atoms with van der Waals surface area (Å²) in [6.07, 6.45) is 1.71. The van der Waals surface area contributed by atoms with E-state index in [4.69, 9.17) is 28.9 Å². The molecule has 0 fully saturated rings. The molecule has 4 N–H and O–H groups in total. The molecule has 0 saturated carbocycles. The molecule has 0 bridgehead atoms. The Morgan fingerprint density at radius 2 is 1.59 bits per heavy atom. The molecule has 2 aromatic carbocycles. The maximum Gasteiger partial charge on any atom is 0.270 e. The van der Waals surface area contributed by atoms with Crippen LogP contribution < -0.4 is 16.6 Å². The van der Waals surface area contributed by atoms with Crippen LogP contribution in [-0.2, 0) is 4.79 Å². The van der Waals surface area contributed by atoms with Gasteiger partial charge < -0.3 is 5.73 Å². The molecule has 3 aromatic rings. The molecule has 4 rings (SSSR count). The number of hydrogen-bond donors (Lipinski definition) is 3. The molecule has 1 aliphatic heterocycles. The molecule has 0 atom stereocenters. The van der Waals surface area contributed by atoms with Crippen molar-refractivity contribution < 1.29 is 4.79 Å². The molecule has 0 unspecified atom stereocenters. The number of pyridine rings is 1. The van der Waals surface area contributed by atoms with E-state index in [-0.39, 0.29) is 17.3 Å². The lowest BCUT2D eigenvalue weighted by Gasteiger charge is -2.24. The van der Waals surface area contributed by atoms with Crippen LogP contribution in [0.25, 0.3) is 22.8 Å². The molecule has 0 aliphatic carbocycles. The van der Waals surface area contributed by atoms with Crippen LogP contribution in [0.5, 0.6) is 0 Å². The molecular formula is C21H13Cl2N5O. The Morgan fingerprint density at radius 3 is 2.21 bits per heavy atom. The number of anilines is 2. The van der Waals surface area contributed by atoms with Crippen LogP contribution in [0, 0.1) is 11.3 Å². The fourth-order valence-electron chi connectivity index (χ4n) is 3.14. The van der Waals surface area contributed by atoms with Crippen LogP contribution in [0.3, 0.4) is 0 Å². The second kappa shape index (κ2) is 7.47. The highest BCUT2D eigenvalue weighted by Crippen LogP contribution is 2.40. The zero-order valence-corrected chi connectivity index (χ0v) is 16.3. The second-order valence-electron chi connectivity index (χ2n) is 6.28. The molecule has 1 amide bonds. The summed E-state index contributed by atoms with van der Waals surface area (Å²) >= 11 is 12.0. The maximum absolute atomic E-state index is 12.7. The third kappa shape index (κ3) is 3.49. The van der Waals surface area contributed by atoms with Gasteiger partial charge in [0, 0.05) is 21.2 Å². The largest absolute Gasteiger partial charge is 0.383 e. The zero-order valence-electron chi connectivity index (χ0n) is 14.8. The van der Waals surface area contributed by atoms with Gasteiger partial charge in [-0.15, -0.1) is 0 Å². The molecule has 1 aromatic heterocycles. The highest BCUT2D eigenvalue weighted by atomic mass is 35.5. The lowest BCUT2D eigenvalue weighted by atomic mass is 9.89. The van der Waals surface area contributed by atoms with Gasteiger partial charge in [-0.3, -0.25) is 15.6 Å². The molecule has 0 spiro atoms. The number of fused-ring (bicyclic) bond motifs is 1. The lowest BCUT2D eigenvalue weighted by Crippen LogP contribution is -2.36. The quantitative estimate of drug-likeness (QED) is 0.528. The normalized spacial score (nSPS) is 14.0. The van der Waals surface area contributed by atoms with Gasteiger partial charge in [0.15, 0.2) is 5.82 Å². The van der Waals surface area contributed by atoms with Gasteiger partial charge in [-0.2, -0.15) is 5.26 Å². The predicted molar refractivity (Wildman–Crippen MR) is 115 cm³/mol. The number of carbonyl (C=O) groups excluding carboxylic acids is 1. The smallest absolute Gasteiger partial charge is 0.270 e. The average molecular weight is 422 g/mol. The number of nitrogen functional groups attached to an aromatic ring is 1. The van der Waals surface area contributed by atoms with E-state index in [1.165, 1.54) is 0 Å². The molecule has 29 heavy (non-hydrogen) atoms. The van der Waals surface area contributed by atoms with Crippen molar-refractivity contribution in [2.24, 2.45) is 0 Å². The molecule has 142 valence electrons. The summed E-state index contributed by atoms with van der Waals surface area (Å²) in [5.41, 5.74) is 14.3. The van der Waals surface area contributed by atoms with E-state index >= 15 is 0 Å². The second-order valence-corrected chi connectivity index (χ2v) is 7.15. The average Bonchev–Trinajstić information content (AvgIpc) is 2.71. The molecular weight excluding hydrogens is 409 g/mol. The van der Waals surface area contributed by atoms with Crippen LogP contribution in [0.1, 0.15) is 16.7 Å². The molecule has 0 radical (unpaired) electrons. The number of halogens is 2. The predicted octanol–water partition coefficient (Wildman–Crippen LogP) is 4.51. The summed E-state index contributed by atoms with van der Waals surface area (Å²) in [4.78, 5) is 17.0. The van der Waals surface area contributed by atoms with E-state index in [1.54, 1.807) is 54.6 Å². The standard InChI is InChI=1S/C21H13Cl2N5O/c22-13-5-1-11(2-6-13)9-15-18-17(12-3-7-14(23)8-4-12)16(10-24)19(25)26-20(18)27-28-21(15)29/h1-9H,(H,28,29)(H3,25,26,27)/b15-9-. The first-order chi connectivity index (χ1) is 14.0. The van der Waals surface area contributed by atoms with Gasteiger partial charge in [-0.25, -0.2) is 4.98 Å². The topological polar surface area (TPSA) is 104 Å². The first kappa shape index (κ1) is 18.8. The Bertz CT molecular complexity index is 1200. The molecule has 1 aliphatic rings. The highest BCUT2D eigenvalue weighted by Gasteiger charge is 2.29. The molecule has 6 nitrogen and oxygen atoms in total. The van der Waals surface area contributed by atoms with E-state index in [1.807, 2.05) is 0 Å². The van der Waals surface area contributed by atoms with Crippen molar-refractivity contribution in [3.05, 3.63) is 75.3 Å².